The van der Waals surface area contributed by atoms with Gasteiger partial charge in [0.15, 0.2) is 0 Å². The van der Waals surface area contributed by atoms with E-state index in [9.17, 15) is 4.79 Å². The summed E-state index contributed by atoms with van der Waals surface area (Å²) in [7, 11) is 0. The van der Waals surface area contributed by atoms with E-state index in [1.807, 2.05) is 31.2 Å². The van der Waals surface area contributed by atoms with Crippen LogP contribution >= 0.6 is 11.6 Å². The predicted molar refractivity (Wildman–Crippen MR) is 75.7 cm³/mol. The Hall–Kier alpha value is -1.06. The van der Waals surface area contributed by atoms with Crippen LogP contribution in [0.2, 0.25) is 5.02 Å². The van der Waals surface area contributed by atoms with Crippen molar-refractivity contribution < 1.29 is 4.79 Å². The predicted octanol–water partition coefficient (Wildman–Crippen LogP) is 2.52. The van der Waals surface area contributed by atoms with Crippen molar-refractivity contribution in [2.75, 3.05) is 6.54 Å². The smallest absolute Gasteiger partial charge is 0.220 e. The summed E-state index contributed by atoms with van der Waals surface area (Å²) in [5, 5.41) is 3.67. The molecule has 0 aliphatic carbocycles. The molecule has 0 bridgehead atoms. The number of hydrogen-bond donors (Lipinski definition) is 2. The molecule has 0 spiro atoms. The number of aryl methyl sites for hydroxylation is 1. The Morgan fingerprint density at radius 2 is 2.06 bits per heavy atom. The first kappa shape index (κ1) is 15.0. The standard InChI is InChI=1S/C14H21ClN2O/c1-2-13(10-16)17-14(18)5-3-4-11-6-8-12(15)9-7-11/h6-9,13H,2-5,10,16H2,1H3,(H,17,18). The zero-order valence-corrected chi connectivity index (χ0v) is 11.5. The van der Waals surface area contributed by atoms with Crippen LogP contribution < -0.4 is 11.1 Å². The van der Waals surface area contributed by atoms with E-state index in [4.69, 9.17) is 17.3 Å². The van der Waals surface area contributed by atoms with Gasteiger partial charge in [-0.1, -0.05) is 30.7 Å². The third-order valence-electron chi connectivity index (χ3n) is 2.92. The molecule has 1 aromatic carbocycles. The van der Waals surface area contributed by atoms with Crippen LogP contribution in [0, 0.1) is 0 Å². The van der Waals surface area contributed by atoms with Gasteiger partial charge in [-0.3, -0.25) is 4.79 Å². The first-order valence-corrected chi connectivity index (χ1v) is 6.77. The Labute approximate surface area is 114 Å². The van der Waals surface area contributed by atoms with Crippen molar-refractivity contribution in [1.82, 2.24) is 5.32 Å². The summed E-state index contributed by atoms with van der Waals surface area (Å²) in [6.07, 6.45) is 3.15. The summed E-state index contributed by atoms with van der Waals surface area (Å²) in [5.41, 5.74) is 6.74. The van der Waals surface area contributed by atoms with Crippen molar-refractivity contribution in [3.63, 3.8) is 0 Å². The van der Waals surface area contributed by atoms with E-state index in [0.29, 0.717) is 13.0 Å². The average molecular weight is 269 g/mol. The minimum Gasteiger partial charge on any atom is -0.352 e. The Balaban J connectivity index is 2.25. The van der Waals surface area contributed by atoms with E-state index in [2.05, 4.69) is 5.32 Å². The molecule has 0 saturated heterocycles. The average Bonchev–Trinajstić information content (AvgIpc) is 2.38. The molecule has 3 nitrogen and oxygen atoms in total. The highest BCUT2D eigenvalue weighted by Gasteiger charge is 2.07. The van der Waals surface area contributed by atoms with Crippen molar-refractivity contribution in [3.8, 4) is 0 Å². The third-order valence-corrected chi connectivity index (χ3v) is 3.18. The summed E-state index contributed by atoms with van der Waals surface area (Å²) >= 11 is 5.81. The normalized spacial score (nSPS) is 12.2. The quantitative estimate of drug-likeness (QED) is 0.798. The van der Waals surface area contributed by atoms with Gasteiger partial charge in [0.05, 0.1) is 0 Å². The number of nitrogens with two attached hydrogens (primary N) is 1. The highest BCUT2D eigenvalue weighted by Crippen LogP contribution is 2.11. The zero-order valence-electron chi connectivity index (χ0n) is 10.8. The minimum atomic E-state index is 0.0845. The fraction of sp³-hybridized carbons (Fsp3) is 0.500. The Bertz CT molecular complexity index is 361. The molecule has 1 unspecified atom stereocenters. The molecule has 1 amide bonds. The van der Waals surface area contributed by atoms with Crippen LogP contribution in [0.4, 0.5) is 0 Å². The molecule has 0 aliphatic heterocycles. The second kappa shape index (κ2) is 8.11. The maximum atomic E-state index is 11.6. The first-order chi connectivity index (χ1) is 8.65. The zero-order chi connectivity index (χ0) is 13.4. The number of halogens is 1. The lowest BCUT2D eigenvalue weighted by atomic mass is 10.1. The van der Waals surface area contributed by atoms with Gasteiger partial charge in [0.1, 0.15) is 0 Å². The van der Waals surface area contributed by atoms with Crippen LogP contribution in [0.3, 0.4) is 0 Å². The number of hydrogen-bond acceptors (Lipinski definition) is 2. The SMILES string of the molecule is CCC(CN)NC(=O)CCCc1ccc(Cl)cc1. The summed E-state index contributed by atoms with van der Waals surface area (Å²) in [5.74, 6) is 0.0845. The Morgan fingerprint density at radius 3 is 2.61 bits per heavy atom. The van der Waals surface area contributed by atoms with Gasteiger partial charge in [0, 0.05) is 24.0 Å². The monoisotopic (exact) mass is 268 g/mol. The van der Waals surface area contributed by atoms with E-state index >= 15 is 0 Å². The largest absolute Gasteiger partial charge is 0.352 e. The van der Waals surface area contributed by atoms with Crippen LogP contribution in [0.25, 0.3) is 0 Å². The molecule has 0 heterocycles. The first-order valence-electron chi connectivity index (χ1n) is 6.39. The van der Waals surface area contributed by atoms with Gasteiger partial charge < -0.3 is 11.1 Å². The molecule has 0 aromatic heterocycles. The highest BCUT2D eigenvalue weighted by molar-refractivity contribution is 6.30. The van der Waals surface area contributed by atoms with Gasteiger partial charge in [0.25, 0.3) is 0 Å². The summed E-state index contributed by atoms with van der Waals surface area (Å²) in [6.45, 7) is 2.52. The van der Waals surface area contributed by atoms with Crippen molar-refractivity contribution >= 4 is 17.5 Å². The number of carbonyl (C=O) groups is 1. The fourth-order valence-corrected chi connectivity index (χ4v) is 1.86. The van der Waals surface area contributed by atoms with E-state index in [0.717, 1.165) is 24.3 Å². The summed E-state index contributed by atoms with van der Waals surface area (Å²) < 4.78 is 0. The number of carbonyl (C=O) groups excluding carboxylic acids is 1. The molecule has 1 rings (SSSR count). The van der Waals surface area contributed by atoms with Crippen molar-refractivity contribution in [2.24, 2.45) is 5.73 Å². The molecule has 0 fully saturated rings. The van der Waals surface area contributed by atoms with Crippen molar-refractivity contribution in [2.45, 2.75) is 38.6 Å². The van der Waals surface area contributed by atoms with Crippen LogP contribution in [0.15, 0.2) is 24.3 Å². The maximum absolute atomic E-state index is 11.6. The molecule has 1 atom stereocenters. The van der Waals surface area contributed by atoms with Gasteiger partial charge >= 0.3 is 0 Å². The number of benzene rings is 1. The van der Waals surface area contributed by atoms with E-state index in [1.165, 1.54) is 5.56 Å². The van der Waals surface area contributed by atoms with E-state index in [1.54, 1.807) is 0 Å². The molecular weight excluding hydrogens is 248 g/mol. The topological polar surface area (TPSA) is 55.1 Å². The Kier molecular flexibility index (Phi) is 6.76. The third kappa shape index (κ3) is 5.52. The van der Waals surface area contributed by atoms with E-state index in [-0.39, 0.29) is 11.9 Å². The molecule has 0 aliphatic rings. The molecule has 0 saturated carbocycles. The van der Waals surface area contributed by atoms with Gasteiger partial charge in [-0.25, -0.2) is 0 Å². The number of nitrogens with one attached hydrogen (secondary N) is 1. The second-order valence-corrected chi connectivity index (χ2v) is 4.82. The van der Waals surface area contributed by atoms with Crippen LogP contribution in [-0.4, -0.2) is 18.5 Å². The van der Waals surface area contributed by atoms with E-state index < -0.39 is 0 Å². The van der Waals surface area contributed by atoms with Gasteiger partial charge in [-0.05, 0) is 37.0 Å². The Morgan fingerprint density at radius 1 is 1.39 bits per heavy atom. The molecule has 18 heavy (non-hydrogen) atoms. The van der Waals surface area contributed by atoms with Gasteiger partial charge in [0.2, 0.25) is 5.91 Å². The maximum Gasteiger partial charge on any atom is 0.220 e. The molecular formula is C14H21ClN2O. The van der Waals surface area contributed by atoms with Crippen molar-refractivity contribution in [1.29, 1.82) is 0 Å². The van der Waals surface area contributed by atoms with Gasteiger partial charge in [-0.15, -0.1) is 0 Å². The molecule has 4 heteroatoms. The minimum absolute atomic E-state index is 0.0845. The van der Waals surface area contributed by atoms with Crippen LogP contribution in [0.1, 0.15) is 31.7 Å². The van der Waals surface area contributed by atoms with Crippen LogP contribution in [0.5, 0.6) is 0 Å². The molecule has 1 aromatic rings. The lowest BCUT2D eigenvalue weighted by Gasteiger charge is -2.14. The fourth-order valence-electron chi connectivity index (χ4n) is 1.73. The van der Waals surface area contributed by atoms with Crippen molar-refractivity contribution in [3.05, 3.63) is 34.9 Å². The molecule has 100 valence electrons. The number of amides is 1. The number of rotatable bonds is 7. The van der Waals surface area contributed by atoms with Crippen LogP contribution in [-0.2, 0) is 11.2 Å². The molecule has 0 radical (unpaired) electrons. The summed E-state index contributed by atoms with van der Waals surface area (Å²) in [4.78, 5) is 11.6. The molecule has 3 N–H and O–H groups in total. The second-order valence-electron chi connectivity index (χ2n) is 4.39. The summed E-state index contributed by atoms with van der Waals surface area (Å²) in [6, 6.07) is 7.84. The van der Waals surface area contributed by atoms with Gasteiger partial charge in [-0.2, -0.15) is 0 Å². The lowest BCUT2D eigenvalue weighted by molar-refractivity contribution is -0.121. The lowest BCUT2D eigenvalue weighted by Crippen LogP contribution is -2.39. The highest BCUT2D eigenvalue weighted by atomic mass is 35.5.